The Labute approximate surface area is 185 Å². The molecule has 1 aromatic carbocycles. The summed E-state index contributed by atoms with van der Waals surface area (Å²) < 4.78 is 61.7. The summed E-state index contributed by atoms with van der Waals surface area (Å²) in [5, 5.41) is 2.69. The zero-order chi connectivity index (χ0) is 22.9. The van der Waals surface area contributed by atoms with Crippen LogP contribution in [0.1, 0.15) is 46.5 Å². The third-order valence-corrected chi connectivity index (χ3v) is 8.15. The second-order valence-corrected chi connectivity index (χ2v) is 9.90. The molecule has 5 fully saturated rings. The van der Waals surface area contributed by atoms with Crippen LogP contribution in [0.3, 0.4) is 0 Å². The lowest BCUT2D eigenvalue weighted by Crippen LogP contribution is -2.77. The molecule has 1 N–H and O–H groups in total. The van der Waals surface area contributed by atoms with Crippen LogP contribution in [-0.4, -0.2) is 36.7 Å². The van der Waals surface area contributed by atoms with Crippen LogP contribution in [-0.2, 0) is 19.2 Å². The number of nitrogens with one attached hydrogen (secondary N) is 1. The van der Waals surface area contributed by atoms with Gasteiger partial charge < -0.3 is 19.5 Å². The average Bonchev–Trinajstić information content (AvgIpc) is 2.97. The fourth-order valence-electron chi connectivity index (χ4n) is 6.37. The van der Waals surface area contributed by atoms with Crippen molar-refractivity contribution in [3.8, 4) is 5.75 Å². The minimum absolute atomic E-state index is 0.00903. The number of methoxy groups -OCH3 is 1. The Hall–Kier alpha value is -1.55. The van der Waals surface area contributed by atoms with Crippen molar-refractivity contribution in [1.29, 1.82) is 0 Å². The van der Waals surface area contributed by atoms with Crippen molar-refractivity contribution in [1.82, 2.24) is 0 Å². The SMILES string of the molecule is COc1ccc(N[C@]2(C(F)(F)F)O[C@@H]3O[C@@]4(C)CC[C@H]5[C@H](C)CC[C@@H]([C@H]2C)[C@@]35OO4)cc1. The van der Waals surface area contributed by atoms with E-state index in [1.807, 2.05) is 0 Å². The second-order valence-electron chi connectivity index (χ2n) is 9.90. The standard InChI is InChI=1S/C23H30F3NO5/c1-13-5-10-18-14(2)22(23(24,25)26,27-15-6-8-16(28-4)9-7-15)30-19-21(18)17(13)11-12-20(3,29-19)31-32-21/h6-9,13-14,17-19,27H,5,10-12H2,1-4H3/t13-,14-,17+,18+,19+,20-,21-,22+/m1/s1. The molecule has 9 heteroatoms. The molecular weight excluding hydrogens is 427 g/mol. The van der Waals surface area contributed by atoms with Crippen molar-refractivity contribution < 1.29 is 37.2 Å². The Balaban J connectivity index is 1.60. The molecule has 1 aliphatic carbocycles. The van der Waals surface area contributed by atoms with E-state index in [2.05, 4.69) is 12.2 Å². The van der Waals surface area contributed by atoms with Gasteiger partial charge >= 0.3 is 6.18 Å². The van der Waals surface area contributed by atoms with Crippen LogP contribution in [0.2, 0.25) is 0 Å². The van der Waals surface area contributed by atoms with Crippen LogP contribution in [0, 0.1) is 23.7 Å². The van der Waals surface area contributed by atoms with Gasteiger partial charge in [0, 0.05) is 23.9 Å². The molecule has 0 aromatic heterocycles. The molecule has 1 spiro atoms. The van der Waals surface area contributed by atoms with Gasteiger partial charge in [0.1, 0.15) is 5.75 Å². The van der Waals surface area contributed by atoms with E-state index in [0.717, 1.165) is 12.8 Å². The van der Waals surface area contributed by atoms with Gasteiger partial charge in [-0.3, -0.25) is 0 Å². The van der Waals surface area contributed by atoms with E-state index < -0.39 is 41.4 Å². The highest BCUT2D eigenvalue weighted by Crippen LogP contribution is 2.64. The van der Waals surface area contributed by atoms with Crippen LogP contribution in [0.5, 0.6) is 5.75 Å². The van der Waals surface area contributed by atoms with Gasteiger partial charge in [-0.25, -0.2) is 9.78 Å². The van der Waals surface area contributed by atoms with Crippen molar-refractivity contribution in [3.63, 3.8) is 0 Å². The first-order valence-electron chi connectivity index (χ1n) is 11.3. The lowest BCUT2D eigenvalue weighted by molar-refractivity contribution is -0.582. The third kappa shape index (κ3) is 3.01. The molecular formula is C23H30F3NO5. The molecule has 6 rings (SSSR count). The zero-order valence-corrected chi connectivity index (χ0v) is 18.7. The molecule has 0 unspecified atom stereocenters. The van der Waals surface area contributed by atoms with Crippen molar-refractivity contribution in [2.24, 2.45) is 23.7 Å². The van der Waals surface area contributed by atoms with Gasteiger partial charge in [-0.05, 0) is 62.3 Å². The largest absolute Gasteiger partial charge is 0.497 e. The number of halogens is 3. The average molecular weight is 457 g/mol. The molecule has 32 heavy (non-hydrogen) atoms. The molecule has 4 heterocycles. The number of hydrogen-bond acceptors (Lipinski definition) is 6. The first-order valence-corrected chi connectivity index (χ1v) is 11.3. The summed E-state index contributed by atoms with van der Waals surface area (Å²) in [6.07, 6.45) is -3.22. The van der Waals surface area contributed by atoms with Crippen LogP contribution in [0.4, 0.5) is 18.9 Å². The van der Waals surface area contributed by atoms with Crippen molar-refractivity contribution in [3.05, 3.63) is 24.3 Å². The van der Waals surface area contributed by atoms with Gasteiger partial charge in [-0.2, -0.15) is 13.2 Å². The Kier molecular flexibility index (Phi) is 5.02. The topological polar surface area (TPSA) is 58.2 Å². The van der Waals surface area contributed by atoms with Crippen LogP contribution < -0.4 is 10.1 Å². The molecule has 8 atom stereocenters. The third-order valence-electron chi connectivity index (χ3n) is 8.15. The zero-order valence-electron chi connectivity index (χ0n) is 18.7. The first kappa shape index (κ1) is 22.3. The van der Waals surface area contributed by atoms with E-state index in [0.29, 0.717) is 18.6 Å². The van der Waals surface area contributed by atoms with Crippen molar-refractivity contribution >= 4 is 5.69 Å². The van der Waals surface area contributed by atoms with Gasteiger partial charge in [-0.15, -0.1) is 0 Å². The number of anilines is 1. The molecule has 178 valence electrons. The summed E-state index contributed by atoms with van der Waals surface area (Å²) in [4.78, 5) is 11.7. The molecule has 4 saturated heterocycles. The van der Waals surface area contributed by atoms with E-state index in [9.17, 15) is 13.2 Å². The van der Waals surface area contributed by atoms with E-state index in [4.69, 9.17) is 24.0 Å². The molecule has 5 aliphatic rings. The van der Waals surface area contributed by atoms with Crippen LogP contribution in [0.15, 0.2) is 24.3 Å². The molecule has 0 radical (unpaired) electrons. The maximum atomic E-state index is 14.8. The van der Waals surface area contributed by atoms with Gasteiger partial charge in [0.05, 0.1) is 7.11 Å². The molecule has 2 bridgehead atoms. The van der Waals surface area contributed by atoms with Crippen LogP contribution >= 0.6 is 0 Å². The Bertz CT molecular complexity index is 866. The number of rotatable bonds is 3. The lowest BCUT2D eigenvalue weighted by atomic mass is 9.56. The summed E-state index contributed by atoms with van der Waals surface area (Å²) in [7, 11) is 1.51. The normalized spacial score (nSPS) is 45.7. The smallest absolute Gasteiger partial charge is 0.436 e. The molecule has 1 saturated carbocycles. The Morgan fingerprint density at radius 3 is 2.38 bits per heavy atom. The Morgan fingerprint density at radius 1 is 1.00 bits per heavy atom. The fraction of sp³-hybridized carbons (Fsp3) is 0.739. The molecule has 1 aromatic rings. The summed E-state index contributed by atoms with van der Waals surface area (Å²) >= 11 is 0. The van der Waals surface area contributed by atoms with Crippen molar-refractivity contribution in [2.45, 2.75) is 76.0 Å². The lowest BCUT2D eigenvalue weighted by Gasteiger charge is -2.63. The molecule has 0 amide bonds. The fourth-order valence-corrected chi connectivity index (χ4v) is 6.37. The predicted octanol–water partition coefficient (Wildman–Crippen LogP) is 5.25. The quantitative estimate of drug-likeness (QED) is 0.626. The summed E-state index contributed by atoms with van der Waals surface area (Å²) in [5.74, 6) is -1.74. The van der Waals surface area contributed by atoms with Crippen LogP contribution in [0.25, 0.3) is 0 Å². The highest BCUT2D eigenvalue weighted by molar-refractivity contribution is 5.49. The minimum Gasteiger partial charge on any atom is -0.497 e. The summed E-state index contributed by atoms with van der Waals surface area (Å²) in [6, 6.07) is 6.34. The first-order chi connectivity index (χ1) is 15.0. The number of ether oxygens (including phenoxy) is 3. The summed E-state index contributed by atoms with van der Waals surface area (Å²) in [5.41, 5.74) is -3.42. The summed E-state index contributed by atoms with van der Waals surface area (Å²) in [6.45, 7) is 5.42. The van der Waals surface area contributed by atoms with Gasteiger partial charge in [0.2, 0.25) is 11.5 Å². The number of hydrogen-bond donors (Lipinski definition) is 1. The number of fused-ring (bicyclic) bond motifs is 2. The maximum Gasteiger partial charge on any atom is 0.436 e. The van der Waals surface area contributed by atoms with Gasteiger partial charge in [0.25, 0.3) is 0 Å². The van der Waals surface area contributed by atoms with Gasteiger partial charge in [0.15, 0.2) is 11.9 Å². The maximum absolute atomic E-state index is 14.8. The van der Waals surface area contributed by atoms with E-state index >= 15 is 0 Å². The monoisotopic (exact) mass is 457 g/mol. The van der Waals surface area contributed by atoms with Crippen molar-refractivity contribution in [2.75, 3.05) is 12.4 Å². The highest BCUT2D eigenvalue weighted by Gasteiger charge is 2.76. The number of alkyl halides is 3. The van der Waals surface area contributed by atoms with E-state index in [1.54, 1.807) is 38.1 Å². The van der Waals surface area contributed by atoms with E-state index in [1.165, 1.54) is 7.11 Å². The minimum atomic E-state index is -4.71. The number of benzene rings is 1. The molecule has 6 nitrogen and oxygen atoms in total. The second kappa shape index (κ2) is 7.22. The highest BCUT2D eigenvalue weighted by atomic mass is 19.4. The molecule has 4 aliphatic heterocycles. The Morgan fingerprint density at radius 2 is 1.72 bits per heavy atom. The predicted molar refractivity (Wildman–Crippen MR) is 108 cm³/mol. The van der Waals surface area contributed by atoms with Gasteiger partial charge in [-0.1, -0.05) is 13.8 Å². The van der Waals surface area contributed by atoms with E-state index in [-0.39, 0.29) is 17.5 Å².